The van der Waals surface area contributed by atoms with Crippen LogP contribution in [0.1, 0.15) is 28.5 Å². The molecule has 0 spiro atoms. The van der Waals surface area contributed by atoms with Crippen molar-refractivity contribution >= 4 is 34.5 Å². The highest BCUT2D eigenvalue weighted by Crippen LogP contribution is 2.29. The van der Waals surface area contributed by atoms with E-state index in [1.54, 1.807) is 31.1 Å². The van der Waals surface area contributed by atoms with Gasteiger partial charge in [-0.1, -0.05) is 13.0 Å². The lowest BCUT2D eigenvalue weighted by atomic mass is 10.1. The van der Waals surface area contributed by atoms with Gasteiger partial charge < -0.3 is 15.5 Å². The van der Waals surface area contributed by atoms with Crippen molar-refractivity contribution in [3.8, 4) is 0 Å². The predicted octanol–water partition coefficient (Wildman–Crippen LogP) is 4.32. The van der Waals surface area contributed by atoms with Crippen molar-refractivity contribution in [1.29, 1.82) is 0 Å². The maximum absolute atomic E-state index is 12.9. The van der Waals surface area contributed by atoms with Gasteiger partial charge in [0, 0.05) is 48.9 Å². The number of carbonyl (C=O) groups is 1. The summed E-state index contributed by atoms with van der Waals surface area (Å²) in [5.41, 5.74) is 3.67. The SMILES string of the molecule is CCc1ccc(Nc2cc(C)ncn2)cc1NC(=O)c1ccc(N(C)C)c([N+](=O)[O-])c1. The minimum absolute atomic E-state index is 0.122. The van der Waals surface area contributed by atoms with Crippen LogP contribution in [0.5, 0.6) is 0 Å². The van der Waals surface area contributed by atoms with E-state index >= 15 is 0 Å². The Labute approximate surface area is 180 Å². The molecule has 0 saturated heterocycles. The van der Waals surface area contributed by atoms with Gasteiger partial charge in [0.15, 0.2) is 0 Å². The standard InChI is InChI=1S/C22H24N6O3/c1-5-15-6-8-17(25-21-10-14(2)23-13-24-21)12-18(15)26-22(29)16-7-9-19(27(3)4)20(11-16)28(30)31/h6-13H,5H2,1-4H3,(H,26,29)(H,23,24,25). The molecule has 2 N–H and O–H groups in total. The lowest BCUT2D eigenvalue weighted by molar-refractivity contribution is -0.384. The number of nitro groups is 1. The Morgan fingerprint density at radius 2 is 1.90 bits per heavy atom. The molecule has 0 saturated carbocycles. The fraction of sp³-hybridized carbons (Fsp3) is 0.227. The number of carbonyl (C=O) groups excluding carboxylic acids is 1. The second kappa shape index (κ2) is 9.21. The van der Waals surface area contributed by atoms with Gasteiger partial charge in [-0.2, -0.15) is 0 Å². The van der Waals surface area contributed by atoms with Gasteiger partial charge in [0.25, 0.3) is 11.6 Å². The Hall–Kier alpha value is -4.01. The van der Waals surface area contributed by atoms with Crippen LogP contribution >= 0.6 is 0 Å². The molecule has 0 atom stereocenters. The van der Waals surface area contributed by atoms with Gasteiger partial charge in [-0.3, -0.25) is 14.9 Å². The number of rotatable bonds is 7. The number of benzene rings is 2. The van der Waals surface area contributed by atoms with Crippen LogP contribution in [0.3, 0.4) is 0 Å². The minimum atomic E-state index is -0.488. The molecule has 9 heteroatoms. The monoisotopic (exact) mass is 420 g/mol. The molecule has 9 nitrogen and oxygen atoms in total. The predicted molar refractivity (Wildman–Crippen MR) is 121 cm³/mol. The Bertz CT molecular complexity index is 1130. The third kappa shape index (κ3) is 5.13. The van der Waals surface area contributed by atoms with Crippen LogP contribution in [0.25, 0.3) is 0 Å². The molecule has 0 unspecified atom stereocenters. The van der Waals surface area contributed by atoms with E-state index < -0.39 is 10.8 Å². The van der Waals surface area contributed by atoms with Gasteiger partial charge in [0.2, 0.25) is 0 Å². The fourth-order valence-electron chi connectivity index (χ4n) is 3.13. The van der Waals surface area contributed by atoms with Crippen molar-refractivity contribution < 1.29 is 9.72 Å². The first-order valence-electron chi connectivity index (χ1n) is 9.74. The maximum atomic E-state index is 12.9. The molecular formula is C22H24N6O3. The molecule has 160 valence electrons. The highest BCUT2D eigenvalue weighted by atomic mass is 16.6. The first-order chi connectivity index (χ1) is 14.8. The van der Waals surface area contributed by atoms with Crippen LogP contribution in [0.15, 0.2) is 48.8 Å². The van der Waals surface area contributed by atoms with Gasteiger partial charge in [0.05, 0.1) is 4.92 Å². The number of nitro benzene ring substituents is 1. The van der Waals surface area contributed by atoms with Crippen LogP contribution in [-0.4, -0.2) is 34.9 Å². The summed E-state index contributed by atoms with van der Waals surface area (Å²) in [7, 11) is 3.43. The Morgan fingerprint density at radius 1 is 1.13 bits per heavy atom. The van der Waals surface area contributed by atoms with E-state index in [9.17, 15) is 14.9 Å². The molecule has 2 aromatic carbocycles. The van der Waals surface area contributed by atoms with Gasteiger partial charge in [-0.15, -0.1) is 0 Å². The molecule has 0 radical (unpaired) electrons. The fourth-order valence-corrected chi connectivity index (χ4v) is 3.13. The average Bonchev–Trinajstić information content (AvgIpc) is 2.73. The highest BCUT2D eigenvalue weighted by molar-refractivity contribution is 6.05. The number of nitrogens with zero attached hydrogens (tertiary/aromatic N) is 4. The Balaban J connectivity index is 1.88. The molecule has 0 aliphatic carbocycles. The number of amides is 1. The van der Waals surface area contributed by atoms with E-state index in [-0.39, 0.29) is 11.3 Å². The molecule has 31 heavy (non-hydrogen) atoms. The van der Waals surface area contributed by atoms with Gasteiger partial charge in [-0.25, -0.2) is 9.97 Å². The summed E-state index contributed by atoms with van der Waals surface area (Å²) >= 11 is 0. The van der Waals surface area contributed by atoms with Crippen molar-refractivity contribution in [3.05, 3.63) is 75.7 Å². The quantitative estimate of drug-likeness (QED) is 0.432. The number of aromatic nitrogens is 2. The van der Waals surface area contributed by atoms with Crippen LogP contribution in [-0.2, 0) is 6.42 Å². The smallest absolute Gasteiger partial charge is 0.293 e. The molecule has 1 aromatic heterocycles. The molecule has 1 amide bonds. The van der Waals surface area contributed by atoms with Crippen LogP contribution < -0.4 is 15.5 Å². The molecule has 3 rings (SSSR count). The van der Waals surface area contributed by atoms with Gasteiger partial charge >= 0.3 is 0 Å². The average molecular weight is 420 g/mol. The topological polar surface area (TPSA) is 113 Å². The van der Waals surface area contributed by atoms with Crippen molar-refractivity contribution in [2.45, 2.75) is 20.3 Å². The summed E-state index contributed by atoms with van der Waals surface area (Å²) in [4.78, 5) is 33.7. The first kappa shape index (κ1) is 21.7. The second-order valence-electron chi connectivity index (χ2n) is 7.20. The zero-order valence-corrected chi connectivity index (χ0v) is 17.8. The largest absolute Gasteiger partial charge is 0.372 e. The third-order valence-corrected chi connectivity index (χ3v) is 4.73. The van der Waals surface area contributed by atoms with Crippen LogP contribution in [0, 0.1) is 17.0 Å². The lowest BCUT2D eigenvalue weighted by Crippen LogP contribution is -2.15. The van der Waals surface area contributed by atoms with E-state index in [4.69, 9.17) is 0 Å². The molecule has 0 fully saturated rings. The van der Waals surface area contributed by atoms with E-state index in [2.05, 4.69) is 20.6 Å². The molecular weight excluding hydrogens is 396 g/mol. The van der Waals surface area contributed by atoms with E-state index in [0.29, 0.717) is 23.6 Å². The van der Waals surface area contributed by atoms with E-state index in [1.165, 1.54) is 12.4 Å². The molecule has 0 bridgehead atoms. The third-order valence-electron chi connectivity index (χ3n) is 4.73. The number of nitrogens with one attached hydrogen (secondary N) is 2. The molecule has 0 aliphatic rings. The summed E-state index contributed by atoms with van der Waals surface area (Å²) in [6.07, 6.45) is 2.19. The van der Waals surface area contributed by atoms with Crippen LogP contribution in [0.2, 0.25) is 0 Å². The van der Waals surface area contributed by atoms with Crippen molar-refractivity contribution in [2.24, 2.45) is 0 Å². The highest BCUT2D eigenvalue weighted by Gasteiger charge is 2.19. The summed E-state index contributed by atoms with van der Waals surface area (Å²) in [6, 6.07) is 11.9. The lowest BCUT2D eigenvalue weighted by Gasteiger charge is -2.15. The zero-order chi connectivity index (χ0) is 22.5. The number of hydrogen-bond donors (Lipinski definition) is 2. The summed E-state index contributed by atoms with van der Waals surface area (Å²) < 4.78 is 0. The molecule has 0 aliphatic heterocycles. The Kier molecular flexibility index (Phi) is 6.44. The van der Waals surface area contributed by atoms with Crippen LogP contribution in [0.4, 0.5) is 28.6 Å². The summed E-state index contributed by atoms with van der Waals surface area (Å²) in [6.45, 7) is 3.86. The van der Waals surface area contributed by atoms with Gasteiger partial charge in [-0.05, 0) is 43.2 Å². The Morgan fingerprint density at radius 3 is 2.55 bits per heavy atom. The van der Waals surface area contributed by atoms with Crippen molar-refractivity contribution in [3.63, 3.8) is 0 Å². The summed E-state index contributed by atoms with van der Waals surface area (Å²) in [5, 5.41) is 17.5. The normalized spacial score (nSPS) is 10.5. The number of anilines is 4. The number of aryl methyl sites for hydroxylation is 2. The first-order valence-corrected chi connectivity index (χ1v) is 9.74. The molecule has 1 heterocycles. The second-order valence-corrected chi connectivity index (χ2v) is 7.20. The van der Waals surface area contributed by atoms with Gasteiger partial charge in [0.1, 0.15) is 17.8 Å². The minimum Gasteiger partial charge on any atom is -0.372 e. The molecule has 3 aromatic rings. The van der Waals surface area contributed by atoms with Crippen molar-refractivity contribution in [1.82, 2.24) is 9.97 Å². The van der Waals surface area contributed by atoms with Crippen molar-refractivity contribution in [2.75, 3.05) is 29.6 Å². The zero-order valence-electron chi connectivity index (χ0n) is 17.8. The maximum Gasteiger partial charge on any atom is 0.293 e. The van der Waals surface area contributed by atoms with E-state index in [0.717, 1.165) is 16.9 Å². The number of hydrogen-bond acceptors (Lipinski definition) is 7. The summed E-state index contributed by atoms with van der Waals surface area (Å²) in [5.74, 6) is 0.224. The van der Waals surface area contributed by atoms with E-state index in [1.807, 2.05) is 38.1 Å².